The van der Waals surface area contributed by atoms with Gasteiger partial charge in [-0.3, -0.25) is 0 Å². The normalized spacial score (nSPS) is 11.6. The molecular weight excluding hydrogens is 719 g/mol. The van der Waals surface area contributed by atoms with Crippen LogP contribution in [0.4, 0.5) is 0 Å². The van der Waals surface area contributed by atoms with Crippen molar-refractivity contribution in [2.24, 2.45) is 0 Å². The number of aryl methyl sites for hydroxylation is 3. The molecule has 11 aromatic rings. The zero-order valence-corrected chi connectivity index (χ0v) is 33.1. The topological polar surface area (TPSA) is 48.5 Å². The molecule has 0 radical (unpaired) electrons. The molecule has 0 bridgehead atoms. The first-order valence-corrected chi connectivity index (χ1v) is 20.1. The van der Waals surface area contributed by atoms with Gasteiger partial charge in [-0.1, -0.05) is 115 Å². The molecule has 5 nitrogen and oxygen atoms in total. The highest BCUT2D eigenvalue weighted by Gasteiger charge is 2.19. The highest BCUT2D eigenvalue weighted by molar-refractivity contribution is 6.14. The van der Waals surface area contributed by atoms with E-state index in [9.17, 15) is 0 Å². The van der Waals surface area contributed by atoms with Gasteiger partial charge in [0.2, 0.25) is 0 Å². The molecule has 0 atom stereocenters. The van der Waals surface area contributed by atoms with E-state index in [-0.39, 0.29) is 0 Å². The summed E-state index contributed by atoms with van der Waals surface area (Å²) in [6.45, 7) is 6.66. The van der Waals surface area contributed by atoms with E-state index in [1.807, 2.05) is 60.7 Å². The average molecular weight is 758 g/mol. The van der Waals surface area contributed by atoms with Crippen molar-refractivity contribution < 1.29 is 0 Å². The van der Waals surface area contributed by atoms with E-state index < -0.39 is 0 Å². The Morgan fingerprint density at radius 3 is 1.41 bits per heavy atom. The Bertz CT molecular complexity index is 3320. The summed E-state index contributed by atoms with van der Waals surface area (Å²) in [5, 5.41) is 5.00. The minimum absolute atomic E-state index is 0.641. The Labute approximate surface area is 342 Å². The Balaban J connectivity index is 1.05. The van der Waals surface area contributed by atoms with E-state index >= 15 is 0 Å². The molecule has 0 amide bonds. The lowest BCUT2D eigenvalue weighted by atomic mass is 9.98. The average Bonchev–Trinajstić information content (AvgIpc) is 3.80. The van der Waals surface area contributed by atoms with Crippen molar-refractivity contribution in [1.82, 2.24) is 24.1 Å². The standard InChI is InChI=1S/C54H39N5/c1-34-29-35(2)50-46(30-34)45-32-40(41-31-36(3)51-47(33-41)44-21-13-14-22-48(44)58(51)42-19-11-6-12-20-42)25-28-49(45)59(50)43-26-23-39(24-27-43)54-56-52(37-15-7-4-8-16-37)55-53(57-54)38-17-9-5-10-18-38/h4-33H,1-3H3. The van der Waals surface area contributed by atoms with E-state index in [1.165, 1.54) is 77.1 Å². The van der Waals surface area contributed by atoms with Gasteiger partial charge < -0.3 is 9.13 Å². The second kappa shape index (κ2) is 13.8. The maximum atomic E-state index is 4.98. The molecule has 0 unspecified atom stereocenters. The minimum atomic E-state index is 0.641. The maximum absolute atomic E-state index is 4.98. The molecule has 3 aromatic heterocycles. The van der Waals surface area contributed by atoms with Crippen molar-refractivity contribution in [3.63, 3.8) is 0 Å². The summed E-state index contributed by atoms with van der Waals surface area (Å²) in [7, 11) is 0. The van der Waals surface area contributed by atoms with Crippen molar-refractivity contribution in [3.8, 4) is 56.7 Å². The van der Waals surface area contributed by atoms with Gasteiger partial charge in [0.05, 0.1) is 22.1 Å². The number of rotatable bonds is 6. The maximum Gasteiger partial charge on any atom is 0.164 e. The van der Waals surface area contributed by atoms with E-state index in [0.29, 0.717) is 17.5 Å². The summed E-state index contributed by atoms with van der Waals surface area (Å²) in [6, 6.07) is 64.6. The Morgan fingerprint density at radius 1 is 0.322 bits per heavy atom. The molecule has 0 saturated heterocycles. The van der Waals surface area contributed by atoms with Crippen LogP contribution in [-0.2, 0) is 0 Å². The largest absolute Gasteiger partial charge is 0.309 e. The van der Waals surface area contributed by atoms with Gasteiger partial charge >= 0.3 is 0 Å². The van der Waals surface area contributed by atoms with Crippen LogP contribution < -0.4 is 0 Å². The van der Waals surface area contributed by atoms with Gasteiger partial charge in [-0.05, 0) is 116 Å². The van der Waals surface area contributed by atoms with Crippen LogP contribution in [0.25, 0.3) is 100 Å². The fourth-order valence-corrected chi connectivity index (χ4v) is 8.98. The molecule has 0 saturated carbocycles. The third-order valence-corrected chi connectivity index (χ3v) is 11.6. The van der Waals surface area contributed by atoms with E-state index in [4.69, 9.17) is 15.0 Å². The number of nitrogens with zero attached hydrogens (tertiary/aromatic N) is 5. The van der Waals surface area contributed by atoms with Crippen LogP contribution in [0.15, 0.2) is 182 Å². The molecule has 0 aliphatic rings. The third kappa shape index (κ3) is 5.81. The first-order chi connectivity index (χ1) is 29.0. The zero-order valence-electron chi connectivity index (χ0n) is 33.1. The Kier molecular flexibility index (Phi) is 8.09. The molecule has 59 heavy (non-hydrogen) atoms. The highest BCUT2D eigenvalue weighted by atomic mass is 15.0. The van der Waals surface area contributed by atoms with Crippen molar-refractivity contribution in [3.05, 3.63) is 199 Å². The van der Waals surface area contributed by atoms with Gasteiger partial charge in [0.1, 0.15) is 0 Å². The first-order valence-electron chi connectivity index (χ1n) is 20.1. The summed E-state index contributed by atoms with van der Waals surface area (Å²) in [4.78, 5) is 14.9. The molecule has 0 aliphatic carbocycles. The molecule has 0 aliphatic heterocycles. The lowest BCUT2D eigenvalue weighted by Gasteiger charge is -2.12. The molecular formula is C54H39N5. The van der Waals surface area contributed by atoms with Gasteiger partial charge in [-0.2, -0.15) is 0 Å². The first kappa shape index (κ1) is 34.6. The lowest BCUT2D eigenvalue weighted by Crippen LogP contribution is -2.00. The quantitative estimate of drug-likeness (QED) is 0.170. The van der Waals surface area contributed by atoms with E-state index in [1.54, 1.807) is 0 Å². The second-order valence-corrected chi connectivity index (χ2v) is 15.5. The predicted octanol–water partition coefficient (Wildman–Crippen LogP) is 13.7. The summed E-state index contributed by atoms with van der Waals surface area (Å²) in [5.41, 5.74) is 16.1. The van der Waals surface area contributed by atoms with E-state index in [0.717, 1.165) is 22.4 Å². The molecule has 280 valence electrons. The molecule has 11 rings (SSSR count). The molecule has 0 fully saturated rings. The van der Waals surface area contributed by atoms with Crippen LogP contribution in [-0.4, -0.2) is 24.1 Å². The van der Waals surface area contributed by atoms with Gasteiger partial charge in [0.15, 0.2) is 17.5 Å². The van der Waals surface area contributed by atoms with Crippen LogP contribution in [0.5, 0.6) is 0 Å². The molecule has 0 spiro atoms. The monoisotopic (exact) mass is 757 g/mol. The number of hydrogen-bond donors (Lipinski definition) is 0. The van der Waals surface area contributed by atoms with Crippen LogP contribution in [0.2, 0.25) is 0 Å². The van der Waals surface area contributed by atoms with Crippen LogP contribution in [0, 0.1) is 20.8 Å². The number of fused-ring (bicyclic) bond motifs is 6. The smallest absolute Gasteiger partial charge is 0.164 e. The number of para-hydroxylation sites is 2. The Hall–Kier alpha value is -7.63. The molecule has 0 N–H and O–H groups in total. The van der Waals surface area contributed by atoms with E-state index in [2.05, 4.69) is 151 Å². The molecule has 3 heterocycles. The summed E-state index contributed by atoms with van der Waals surface area (Å²) in [6.07, 6.45) is 0. The van der Waals surface area contributed by atoms with Crippen molar-refractivity contribution in [1.29, 1.82) is 0 Å². The van der Waals surface area contributed by atoms with Crippen LogP contribution in [0.1, 0.15) is 16.7 Å². The van der Waals surface area contributed by atoms with Gasteiger partial charge in [0.25, 0.3) is 0 Å². The van der Waals surface area contributed by atoms with Crippen LogP contribution >= 0.6 is 0 Å². The third-order valence-electron chi connectivity index (χ3n) is 11.6. The number of hydrogen-bond acceptors (Lipinski definition) is 3. The lowest BCUT2D eigenvalue weighted by molar-refractivity contribution is 1.07. The summed E-state index contributed by atoms with van der Waals surface area (Å²) >= 11 is 0. The van der Waals surface area contributed by atoms with Gasteiger partial charge in [-0.15, -0.1) is 0 Å². The van der Waals surface area contributed by atoms with Crippen LogP contribution in [0.3, 0.4) is 0 Å². The fourth-order valence-electron chi connectivity index (χ4n) is 8.98. The SMILES string of the molecule is Cc1cc(C)c2c(c1)c1cc(-c3cc(C)c4c(c3)c3ccccc3n4-c3ccccc3)ccc1n2-c1ccc(-c2nc(-c3ccccc3)nc(-c3ccccc3)n2)cc1. The minimum Gasteiger partial charge on any atom is -0.309 e. The number of benzene rings is 8. The van der Waals surface area contributed by atoms with Crippen molar-refractivity contribution in [2.45, 2.75) is 20.8 Å². The fraction of sp³-hybridized carbons (Fsp3) is 0.0556. The number of aromatic nitrogens is 5. The highest BCUT2D eigenvalue weighted by Crippen LogP contribution is 2.40. The summed E-state index contributed by atoms with van der Waals surface area (Å²) < 4.78 is 4.82. The van der Waals surface area contributed by atoms with Gasteiger partial charge in [-0.25, -0.2) is 15.0 Å². The summed E-state index contributed by atoms with van der Waals surface area (Å²) in [5.74, 6) is 1.94. The second-order valence-electron chi connectivity index (χ2n) is 15.5. The zero-order chi connectivity index (χ0) is 39.6. The Morgan fingerprint density at radius 2 is 0.780 bits per heavy atom. The molecule has 5 heteroatoms. The predicted molar refractivity (Wildman–Crippen MR) is 244 cm³/mol. The molecule has 8 aromatic carbocycles. The van der Waals surface area contributed by atoms with Crippen molar-refractivity contribution in [2.75, 3.05) is 0 Å². The van der Waals surface area contributed by atoms with Crippen molar-refractivity contribution >= 4 is 43.6 Å². The van der Waals surface area contributed by atoms with Gasteiger partial charge in [0, 0.05) is 49.6 Å².